The molecule has 0 saturated carbocycles. The summed E-state index contributed by atoms with van der Waals surface area (Å²) in [6.07, 6.45) is 13.5. The summed E-state index contributed by atoms with van der Waals surface area (Å²) in [5, 5.41) is 3.37. The Balaban J connectivity index is 0.00000484. The Morgan fingerprint density at radius 3 is 2.83 bits per heavy atom. The van der Waals surface area contributed by atoms with Crippen molar-refractivity contribution in [2.24, 2.45) is 4.99 Å². The summed E-state index contributed by atoms with van der Waals surface area (Å²) < 4.78 is 2.09. The van der Waals surface area contributed by atoms with Crippen LogP contribution in [-0.4, -0.2) is 47.1 Å². The number of nitrogens with one attached hydrogen (secondary N) is 1. The van der Waals surface area contributed by atoms with Crippen molar-refractivity contribution in [3.05, 3.63) is 31.4 Å². The summed E-state index contributed by atoms with van der Waals surface area (Å²) in [4.78, 5) is 11.0. The number of imidazole rings is 1. The van der Waals surface area contributed by atoms with Gasteiger partial charge in [-0.05, 0) is 32.6 Å². The van der Waals surface area contributed by atoms with E-state index in [2.05, 4.69) is 40.3 Å². The van der Waals surface area contributed by atoms with E-state index in [1.807, 2.05) is 24.8 Å². The summed E-state index contributed by atoms with van der Waals surface area (Å²) in [5.41, 5.74) is 0. The molecule has 0 radical (unpaired) electrons. The molecule has 0 aliphatic rings. The molecule has 0 aliphatic carbocycles. The van der Waals surface area contributed by atoms with Crippen molar-refractivity contribution >= 4 is 29.9 Å². The highest BCUT2D eigenvalue weighted by Crippen LogP contribution is 2.02. The molecular formula is C17H32IN5. The number of aliphatic imine (C=N–C) groups is 1. The Morgan fingerprint density at radius 2 is 2.17 bits per heavy atom. The van der Waals surface area contributed by atoms with Crippen LogP contribution in [0.3, 0.4) is 0 Å². The first-order valence-corrected chi connectivity index (χ1v) is 8.34. The second-order valence-corrected chi connectivity index (χ2v) is 5.45. The molecule has 1 rings (SSSR count). The molecule has 1 heterocycles. The second-order valence-electron chi connectivity index (χ2n) is 5.45. The number of hydrogen-bond acceptors (Lipinski definition) is 2. The van der Waals surface area contributed by atoms with E-state index in [0.29, 0.717) is 0 Å². The zero-order valence-electron chi connectivity index (χ0n) is 14.6. The van der Waals surface area contributed by atoms with Crippen LogP contribution in [0.5, 0.6) is 0 Å². The Labute approximate surface area is 158 Å². The highest BCUT2D eigenvalue weighted by atomic mass is 127. The zero-order chi connectivity index (χ0) is 16.0. The van der Waals surface area contributed by atoms with Crippen LogP contribution in [0.2, 0.25) is 0 Å². The molecule has 0 fully saturated rings. The van der Waals surface area contributed by atoms with Gasteiger partial charge in [0.05, 0.1) is 6.33 Å². The Bertz CT molecular complexity index is 417. The lowest BCUT2D eigenvalue weighted by atomic mass is 10.2. The Hall–Kier alpha value is -1.05. The number of guanidine groups is 1. The summed E-state index contributed by atoms with van der Waals surface area (Å²) in [6, 6.07) is 0. The molecule has 6 heteroatoms. The van der Waals surface area contributed by atoms with Crippen molar-refractivity contribution in [2.45, 2.75) is 45.6 Å². The SMILES string of the molecule is C=CCCCCCN(C)C(=NCCCn1ccnc1)NCC.I. The first-order chi connectivity index (χ1) is 10.8. The third-order valence-corrected chi connectivity index (χ3v) is 3.49. The van der Waals surface area contributed by atoms with Gasteiger partial charge in [0.25, 0.3) is 0 Å². The van der Waals surface area contributed by atoms with E-state index in [1.54, 1.807) is 0 Å². The van der Waals surface area contributed by atoms with Gasteiger partial charge >= 0.3 is 0 Å². The third-order valence-electron chi connectivity index (χ3n) is 3.49. The van der Waals surface area contributed by atoms with E-state index in [9.17, 15) is 0 Å². The molecule has 0 saturated heterocycles. The average Bonchev–Trinajstić information content (AvgIpc) is 3.03. The van der Waals surface area contributed by atoms with Crippen molar-refractivity contribution in [1.82, 2.24) is 19.8 Å². The fourth-order valence-corrected chi connectivity index (χ4v) is 2.25. The highest BCUT2D eigenvalue weighted by Gasteiger charge is 2.04. The molecule has 1 N–H and O–H groups in total. The van der Waals surface area contributed by atoms with Crippen molar-refractivity contribution in [3.63, 3.8) is 0 Å². The fourth-order valence-electron chi connectivity index (χ4n) is 2.25. The molecule has 0 bridgehead atoms. The smallest absolute Gasteiger partial charge is 0.193 e. The summed E-state index contributed by atoms with van der Waals surface area (Å²) in [5.74, 6) is 1.01. The molecule has 0 amide bonds. The van der Waals surface area contributed by atoms with Gasteiger partial charge in [-0.15, -0.1) is 30.6 Å². The van der Waals surface area contributed by atoms with Gasteiger partial charge in [-0.25, -0.2) is 4.98 Å². The van der Waals surface area contributed by atoms with Crippen LogP contribution in [0.1, 0.15) is 39.0 Å². The van der Waals surface area contributed by atoms with Gasteiger partial charge in [0.2, 0.25) is 0 Å². The number of hydrogen-bond donors (Lipinski definition) is 1. The number of rotatable bonds is 11. The van der Waals surface area contributed by atoms with E-state index < -0.39 is 0 Å². The normalized spacial score (nSPS) is 11.0. The molecule has 0 atom stereocenters. The molecule has 0 aliphatic heterocycles. The molecule has 5 nitrogen and oxygen atoms in total. The van der Waals surface area contributed by atoms with Crippen molar-refractivity contribution in [3.8, 4) is 0 Å². The van der Waals surface area contributed by atoms with Crippen LogP contribution in [0.25, 0.3) is 0 Å². The van der Waals surface area contributed by atoms with Gasteiger partial charge < -0.3 is 14.8 Å². The minimum absolute atomic E-state index is 0. The Kier molecular flexibility index (Phi) is 13.9. The molecule has 23 heavy (non-hydrogen) atoms. The van der Waals surface area contributed by atoms with E-state index in [4.69, 9.17) is 4.99 Å². The lowest BCUT2D eigenvalue weighted by Crippen LogP contribution is -2.39. The van der Waals surface area contributed by atoms with E-state index in [0.717, 1.165) is 45.0 Å². The molecule has 0 spiro atoms. The number of aryl methyl sites for hydroxylation is 1. The molecule has 0 unspecified atom stereocenters. The topological polar surface area (TPSA) is 45.5 Å². The predicted molar refractivity (Wildman–Crippen MR) is 110 cm³/mol. The van der Waals surface area contributed by atoms with Gasteiger partial charge in [0.1, 0.15) is 0 Å². The van der Waals surface area contributed by atoms with E-state index >= 15 is 0 Å². The maximum atomic E-state index is 4.71. The second kappa shape index (κ2) is 14.5. The van der Waals surface area contributed by atoms with Gasteiger partial charge in [-0.2, -0.15) is 0 Å². The standard InChI is InChI=1S/C17H31N5.HI/c1-4-6-7-8-9-13-21(3)17(19-5-2)20-11-10-14-22-15-12-18-16-22;/h4,12,15-16H,1,5-11,13-14H2,2-3H3,(H,19,20);1H. The zero-order valence-corrected chi connectivity index (χ0v) is 16.9. The lowest BCUT2D eigenvalue weighted by molar-refractivity contribution is 0.454. The van der Waals surface area contributed by atoms with Crippen LogP contribution >= 0.6 is 24.0 Å². The molecule has 1 aromatic heterocycles. The van der Waals surface area contributed by atoms with Gasteiger partial charge in [-0.1, -0.05) is 12.5 Å². The lowest BCUT2D eigenvalue weighted by Gasteiger charge is -2.22. The number of aromatic nitrogens is 2. The molecular weight excluding hydrogens is 401 g/mol. The van der Waals surface area contributed by atoms with Crippen LogP contribution in [0.15, 0.2) is 36.4 Å². The van der Waals surface area contributed by atoms with Crippen LogP contribution in [0, 0.1) is 0 Å². The number of unbranched alkanes of at least 4 members (excludes halogenated alkanes) is 3. The minimum atomic E-state index is 0. The summed E-state index contributed by atoms with van der Waals surface area (Å²) >= 11 is 0. The summed E-state index contributed by atoms with van der Waals surface area (Å²) in [6.45, 7) is 9.62. The van der Waals surface area contributed by atoms with Crippen LogP contribution in [0.4, 0.5) is 0 Å². The van der Waals surface area contributed by atoms with Crippen molar-refractivity contribution in [1.29, 1.82) is 0 Å². The molecule has 1 aromatic rings. The van der Waals surface area contributed by atoms with Gasteiger partial charge in [0.15, 0.2) is 5.96 Å². The molecule has 132 valence electrons. The maximum Gasteiger partial charge on any atom is 0.193 e. The summed E-state index contributed by atoms with van der Waals surface area (Å²) in [7, 11) is 2.12. The number of halogens is 1. The minimum Gasteiger partial charge on any atom is -0.357 e. The number of nitrogens with zero attached hydrogens (tertiary/aromatic N) is 4. The van der Waals surface area contributed by atoms with Crippen LogP contribution in [-0.2, 0) is 6.54 Å². The first-order valence-electron chi connectivity index (χ1n) is 8.34. The first kappa shape index (κ1) is 21.9. The van der Waals surface area contributed by atoms with E-state index in [-0.39, 0.29) is 24.0 Å². The van der Waals surface area contributed by atoms with Crippen LogP contribution < -0.4 is 5.32 Å². The monoisotopic (exact) mass is 433 g/mol. The van der Waals surface area contributed by atoms with E-state index in [1.165, 1.54) is 19.3 Å². The van der Waals surface area contributed by atoms with Crippen molar-refractivity contribution in [2.75, 3.05) is 26.7 Å². The largest absolute Gasteiger partial charge is 0.357 e. The molecule has 0 aromatic carbocycles. The highest BCUT2D eigenvalue weighted by molar-refractivity contribution is 14.0. The van der Waals surface area contributed by atoms with Gasteiger partial charge in [-0.3, -0.25) is 4.99 Å². The van der Waals surface area contributed by atoms with Crippen molar-refractivity contribution < 1.29 is 0 Å². The maximum absolute atomic E-state index is 4.71. The Morgan fingerprint density at radius 1 is 1.35 bits per heavy atom. The third kappa shape index (κ3) is 10.4. The quantitative estimate of drug-likeness (QED) is 0.191. The predicted octanol–water partition coefficient (Wildman–Crippen LogP) is 3.53. The number of allylic oxidation sites excluding steroid dienone is 1. The fraction of sp³-hybridized carbons (Fsp3) is 0.647. The average molecular weight is 433 g/mol. The van der Waals surface area contributed by atoms with Gasteiger partial charge in [0, 0.05) is 45.6 Å².